The normalized spacial score (nSPS) is 10.3. The summed E-state index contributed by atoms with van der Waals surface area (Å²) in [5.74, 6) is 0.599. The maximum atomic E-state index is 4.57. The van der Waals surface area contributed by atoms with Crippen LogP contribution in [0.15, 0.2) is 73.1 Å². The summed E-state index contributed by atoms with van der Waals surface area (Å²) in [6.45, 7) is 0. The highest BCUT2D eigenvalue weighted by Crippen LogP contribution is 2.12. The van der Waals surface area contributed by atoms with E-state index in [4.69, 9.17) is 0 Å². The Morgan fingerprint density at radius 1 is 0.783 bits per heavy atom. The Bertz CT molecular complexity index is 873. The summed E-state index contributed by atoms with van der Waals surface area (Å²) >= 11 is 0. The third-order valence-electron chi connectivity index (χ3n) is 3.13. The van der Waals surface area contributed by atoms with E-state index in [1.165, 1.54) is 9.81 Å². The van der Waals surface area contributed by atoms with E-state index in [9.17, 15) is 0 Å². The van der Waals surface area contributed by atoms with Crippen LogP contribution in [-0.4, -0.2) is 30.2 Å². The quantitative estimate of drug-likeness (QED) is 0.397. The Hall–Kier alpha value is -2.87. The Morgan fingerprint density at radius 3 is 2.04 bits per heavy atom. The smallest absolute Gasteiger partial charge is 0.297 e. The van der Waals surface area contributed by atoms with Gasteiger partial charge in [-0.1, -0.05) is 46.6 Å². The molecule has 0 fully saturated rings. The van der Waals surface area contributed by atoms with Gasteiger partial charge in [0.2, 0.25) is 0 Å². The number of tetrazole rings is 1. The lowest BCUT2D eigenvalue weighted by Crippen LogP contribution is -3.00. The molecular weight excluding hydrogens is 358 g/mol. The summed E-state index contributed by atoms with van der Waals surface area (Å²) in [6, 6.07) is 19.5. The first kappa shape index (κ1) is 15.0. The zero-order valence-corrected chi connectivity index (χ0v) is 13.5. The second-order valence-electron chi connectivity index (χ2n) is 4.58. The molecule has 0 amide bonds. The summed E-state index contributed by atoms with van der Waals surface area (Å²) in [6.07, 6.45) is 3.19. The van der Waals surface area contributed by atoms with Gasteiger partial charge in [0.1, 0.15) is 4.91 Å². The van der Waals surface area contributed by atoms with Crippen molar-refractivity contribution in [2.45, 2.75) is 0 Å². The Balaban J connectivity index is 0.00000156. The highest BCUT2D eigenvalue weighted by atomic mass is 79.9. The molecule has 0 N–H and O–H groups in total. The molecule has 0 bridgehead atoms. The molecule has 4 rings (SSSR count). The van der Waals surface area contributed by atoms with Crippen LogP contribution in [-0.2, 0) is 0 Å². The zero-order chi connectivity index (χ0) is 14.8. The molecule has 0 spiro atoms. The van der Waals surface area contributed by atoms with Crippen LogP contribution in [0.25, 0.3) is 17.1 Å². The van der Waals surface area contributed by atoms with E-state index in [0.29, 0.717) is 5.82 Å². The van der Waals surface area contributed by atoms with Crippen LogP contribution < -0.4 is 21.8 Å². The highest BCUT2D eigenvalue weighted by molar-refractivity contribution is 5.52. The van der Waals surface area contributed by atoms with Gasteiger partial charge in [-0.3, -0.25) is 0 Å². The van der Waals surface area contributed by atoms with Gasteiger partial charge in [0.15, 0.2) is 5.69 Å². The standard InChI is InChI=1S/C15H12N7.BrH/c1-3-7-13(8-4-1)15-18-20(14-9-5-2-6-10-14)22(19-15)21-16-11-12-17-21;/h1-12H;1H/q+1;/p-1. The van der Waals surface area contributed by atoms with Gasteiger partial charge in [-0.05, 0) is 34.2 Å². The number of nitrogens with zero attached hydrogens (tertiary/aromatic N) is 7. The van der Waals surface area contributed by atoms with Crippen molar-refractivity contribution in [3.05, 3.63) is 73.1 Å². The zero-order valence-electron chi connectivity index (χ0n) is 11.9. The number of rotatable bonds is 3. The van der Waals surface area contributed by atoms with Crippen molar-refractivity contribution < 1.29 is 21.8 Å². The van der Waals surface area contributed by atoms with Gasteiger partial charge >= 0.3 is 0 Å². The van der Waals surface area contributed by atoms with Crippen molar-refractivity contribution in [3.8, 4) is 17.1 Å². The molecule has 7 nitrogen and oxygen atoms in total. The second kappa shape index (κ2) is 6.49. The molecule has 0 saturated carbocycles. The molecule has 23 heavy (non-hydrogen) atoms. The summed E-state index contributed by atoms with van der Waals surface area (Å²) in [7, 11) is 0. The molecule has 2 aromatic carbocycles. The van der Waals surface area contributed by atoms with Crippen molar-refractivity contribution in [1.29, 1.82) is 0 Å². The predicted octanol–water partition coefficient (Wildman–Crippen LogP) is -1.87. The van der Waals surface area contributed by atoms with Crippen LogP contribution in [0.4, 0.5) is 0 Å². The van der Waals surface area contributed by atoms with Crippen LogP contribution in [0.2, 0.25) is 0 Å². The minimum atomic E-state index is 0. The summed E-state index contributed by atoms with van der Waals surface area (Å²) in [5.41, 5.74) is 1.80. The minimum Gasteiger partial charge on any atom is -1.00 e. The molecular formula is C15H12BrN7. The van der Waals surface area contributed by atoms with Crippen molar-refractivity contribution in [2.75, 3.05) is 0 Å². The van der Waals surface area contributed by atoms with E-state index in [0.717, 1.165) is 11.3 Å². The average Bonchev–Trinajstić information content (AvgIpc) is 3.26. The molecule has 0 aliphatic rings. The third kappa shape index (κ3) is 2.88. The largest absolute Gasteiger partial charge is 1.00 e. The molecule has 0 aliphatic carbocycles. The van der Waals surface area contributed by atoms with Gasteiger partial charge in [-0.25, -0.2) is 0 Å². The summed E-state index contributed by atoms with van der Waals surface area (Å²) in [5, 5.41) is 17.3. The van der Waals surface area contributed by atoms with Gasteiger partial charge in [0.25, 0.3) is 5.82 Å². The van der Waals surface area contributed by atoms with E-state index < -0.39 is 0 Å². The molecule has 4 aromatic rings. The van der Waals surface area contributed by atoms with E-state index in [2.05, 4.69) is 20.4 Å². The first-order valence-corrected chi connectivity index (χ1v) is 6.79. The number of para-hydroxylation sites is 1. The van der Waals surface area contributed by atoms with Crippen LogP contribution in [0.3, 0.4) is 0 Å². The summed E-state index contributed by atoms with van der Waals surface area (Å²) < 4.78 is 0. The van der Waals surface area contributed by atoms with Crippen molar-refractivity contribution in [2.24, 2.45) is 0 Å². The van der Waals surface area contributed by atoms with E-state index >= 15 is 0 Å². The minimum absolute atomic E-state index is 0. The van der Waals surface area contributed by atoms with Crippen LogP contribution in [0.5, 0.6) is 0 Å². The van der Waals surface area contributed by atoms with Crippen LogP contribution in [0, 0.1) is 0 Å². The predicted molar refractivity (Wildman–Crippen MR) is 77.8 cm³/mol. The van der Waals surface area contributed by atoms with E-state index in [1.54, 1.807) is 17.2 Å². The van der Waals surface area contributed by atoms with Crippen LogP contribution in [0.1, 0.15) is 0 Å². The molecule has 0 radical (unpaired) electrons. The fraction of sp³-hybridized carbons (Fsp3) is 0. The van der Waals surface area contributed by atoms with Gasteiger partial charge in [0.05, 0.1) is 17.3 Å². The van der Waals surface area contributed by atoms with Crippen LogP contribution >= 0.6 is 0 Å². The molecule has 0 atom stereocenters. The number of aromatic nitrogens is 7. The molecule has 2 aromatic heterocycles. The topological polar surface area (TPSA) is 65.3 Å². The maximum Gasteiger partial charge on any atom is 0.297 e. The molecule has 8 heteroatoms. The van der Waals surface area contributed by atoms with E-state index in [-0.39, 0.29) is 17.0 Å². The van der Waals surface area contributed by atoms with Crippen molar-refractivity contribution in [1.82, 2.24) is 30.2 Å². The van der Waals surface area contributed by atoms with Crippen molar-refractivity contribution in [3.63, 3.8) is 0 Å². The number of hydrogen-bond acceptors (Lipinski definition) is 4. The van der Waals surface area contributed by atoms with Gasteiger partial charge < -0.3 is 17.0 Å². The molecule has 114 valence electrons. The first-order chi connectivity index (χ1) is 10.9. The summed E-state index contributed by atoms with van der Waals surface area (Å²) in [4.78, 5) is 4.55. The number of hydrogen-bond donors (Lipinski definition) is 0. The van der Waals surface area contributed by atoms with Gasteiger partial charge in [-0.15, -0.1) is 0 Å². The van der Waals surface area contributed by atoms with Crippen molar-refractivity contribution >= 4 is 0 Å². The van der Waals surface area contributed by atoms with E-state index in [1.807, 2.05) is 60.7 Å². The Morgan fingerprint density at radius 2 is 1.39 bits per heavy atom. The Kier molecular flexibility index (Phi) is 4.24. The highest BCUT2D eigenvalue weighted by Gasteiger charge is 2.22. The lowest BCUT2D eigenvalue weighted by atomic mass is 10.2. The average molecular weight is 370 g/mol. The second-order valence-corrected chi connectivity index (χ2v) is 4.58. The fourth-order valence-electron chi connectivity index (χ4n) is 2.12. The Labute approximate surface area is 142 Å². The monoisotopic (exact) mass is 369 g/mol. The molecule has 0 saturated heterocycles. The number of halogens is 1. The fourth-order valence-corrected chi connectivity index (χ4v) is 2.12. The number of benzene rings is 2. The molecule has 0 aliphatic heterocycles. The SMILES string of the molecule is [Br-].c1ccc(-c2nn(-n3nccn3)[n+](-c3ccccc3)n2)cc1. The van der Waals surface area contributed by atoms with Gasteiger partial charge in [-0.2, -0.15) is 0 Å². The maximum absolute atomic E-state index is 4.57. The van der Waals surface area contributed by atoms with Gasteiger partial charge in [0, 0.05) is 10.7 Å². The molecule has 2 heterocycles. The molecule has 0 unspecified atom stereocenters. The first-order valence-electron chi connectivity index (χ1n) is 6.79. The lowest BCUT2D eigenvalue weighted by Gasteiger charge is -1.96. The third-order valence-corrected chi connectivity index (χ3v) is 3.13. The lowest BCUT2D eigenvalue weighted by molar-refractivity contribution is -0.749.